The summed E-state index contributed by atoms with van der Waals surface area (Å²) in [6.07, 6.45) is 1.76. The Morgan fingerprint density at radius 2 is 1.65 bits per heavy atom. The van der Waals surface area contributed by atoms with Crippen molar-refractivity contribution in [2.24, 2.45) is 4.99 Å². The minimum Gasteiger partial charge on any atom is -0.497 e. The number of nitrogens with zero attached hydrogens (tertiary/aromatic N) is 2. The molecule has 6 heteroatoms. The Hall–Kier alpha value is -3.57. The Balaban J connectivity index is 1.77. The normalized spacial score (nSPS) is 14.7. The smallest absolute Gasteiger partial charge is 0.282 e. The van der Waals surface area contributed by atoms with Gasteiger partial charge in [0.05, 0.1) is 24.4 Å². The molecule has 156 valence electrons. The van der Waals surface area contributed by atoms with E-state index >= 15 is 0 Å². The fourth-order valence-electron chi connectivity index (χ4n) is 3.30. The van der Waals surface area contributed by atoms with Crippen LogP contribution in [0.1, 0.15) is 18.1 Å². The Bertz CT molecular complexity index is 1150. The zero-order valence-corrected chi connectivity index (χ0v) is 18.0. The van der Waals surface area contributed by atoms with Crippen LogP contribution in [0.4, 0.5) is 5.69 Å². The minimum atomic E-state index is -0.227. The molecule has 4 rings (SSSR count). The predicted molar refractivity (Wildman–Crippen MR) is 124 cm³/mol. The lowest BCUT2D eigenvalue weighted by Crippen LogP contribution is -2.32. The number of carbonyl (C=O) groups is 1. The third-order valence-electron chi connectivity index (χ3n) is 4.80. The van der Waals surface area contributed by atoms with E-state index in [0.717, 1.165) is 17.1 Å². The zero-order chi connectivity index (χ0) is 21.8. The van der Waals surface area contributed by atoms with Crippen molar-refractivity contribution >= 4 is 35.1 Å². The molecular formula is C25H21ClN2O3. The standard InChI is InChI=1S/C25H21ClN2O3/c1-3-31-20-14-10-18(11-15-20)28-24(21-6-4-5-7-22(21)26)27-23(25(28)29)16-17-8-12-19(30-2)13-9-17/h4-16H,3H2,1-2H3/b23-16+. The van der Waals surface area contributed by atoms with Crippen LogP contribution < -0.4 is 14.4 Å². The monoisotopic (exact) mass is 432 g/mol. The summed E-state index contributed by atoms with van der Waals surface area (Å²) in [4.78, 5) is 19.6. The summed E-state index contributed by atoms with van der Waals surface area (Å²) in [5.74, 6) is 1.74. The largest absolute Gasteiger partial charge is 0.497 e. The highest BCUT2D eigenvalue weighted by atomic mass is 35.5. The van der Waals surface area contributed by atoms with Crippen LogP contribution >= 0.6 is 11.6 Å². The molecule has 1 heterocycles. The van der Waals surface area contributed by atoms with Gasteiger partial charge in [-0.2, -0.15) is 0 Å². The number of aliphatic imine (C=N–C) groups is 1. The molecule has 0 radical (unpaired) electrons. The highest BCUT2D eigenvalue weighted by Crippen LogP contribution is 2.31. The first-order chi connectivity index (χ1) is 15.1. The third-order valence-corrected chi connectivity index (χ3v) is 5.13. The van der Waals surface area contributed by atoms with Crippen molar-refractivity contribution < 1.29 is 14.3 Å². The first kappa shape index (κ1) is 20.7. The van der Waals surface area contributed by atoms with E-state index in [1.807, 2.05) is 73.7 Å². The molecule has 0 aromatic heterocycles. The molecule has 0 N–H and O–H groups in total. The number of hydrogen-bond donors (Lipinski definition) is 0. The summed E-state index contributed by atoms with van der Waals surface area (Å²) in [6, 6.07) is 22.1. The average Bonchev–Trinajstić information content (AvgIpc) is 3.11. The molecule has 3 aromatic rings. The number of benzene rings is 3. The van der Waals surface area contributed by atoms with Gasteiger partial charge in [0.15, 0.2) is 0 Å². The van der Waals surface area contributed by atoms with Crippen LogP contribution in [0.3, 0.4) is 0 Å². The number of hydrogen-bond acceptors (Lipinski definition) is 4. The molecule has 0 saturated carbocycles. The summed E-state index contributed by atoms with van der Waals surface area (Å²) in [5, 5.41) is 0.524. The number of amidine groups is 1. The number of ether oxygens (including phenoxy) is 2. The molecule has 5 nitrogen and oxygen atoms in total. The number of halogens is 1. The van der Waals surface area contributed by atoms with E-state index < -0.39 is 0 Å². The maximum atomic E-state index is 13.4. The van der Waals surface area contributed by atoms with E-state index in [-0.39, 0.29) is 5.91 Å². The maximum Gasteiger partial charge on any atom is 0.282 e. The molecule has 0 aliphatic carbocycles. The fourth-order valence-corrected chi connectivity index (χ4v) is 3.52. The van der Waals surface area contributed by atoms with Crippen LogP contribution in [0.5, 0.6) is 11.5 Å². The highest BCUT2D eigenvalue weighted by molar-refractivity contribution is 6.39. The van der Waals surface area contributed by atoms with Gasteiger partial charge in [0, 0.05) is 5.56 Å². The van der Waals surface area contributed by atoms with Gasteiger partial charge in [0.1, 0.15) is 23.0 Å². The molecule has 1 aliphatic heterocycles. The molecule has 3 aromatic carbocycles. The lowest BCUT2D eigenvalue weighted by molar-refractivity contribution is -0.113. The topological polar surface area (TPSA) is 51.1 Å². The summed E-state index contributed by atoms with van der Waals surface area (Å²) in [7, 11) is 1.61. The maximum absolute atomic E-state index is 13.4. The summed E-state index contributed by atoms with van der Waals surface area (Å²) >= 11 is 6.44. The van der Waals surface area contributed by atoms with Crippen molar-refractivity contribution in [1.82, 2.24) is 0 Å². The SMILES string of the molecule is CCOc1ccc(N2C(=O)/C(=C\c3ccc(OC)cc3)N=C2c2ccccc2Cl)cc1. The molecule has 0 fully saturated rings. The fraction of sp³-hybridized carbons (Fsp3) is 0.120. The van der Waals surface area contributed by atoms with E-state index in [0.29, 0.717) is 34.4 Å². The minimum absolute atomic E-state index is 0.227. The zero-order valence-electron chi connectivity index (χ0n) is 17.2. The van der Waals surface area contributed by atoms with Crippen molar-refractivity contribution in [1.29, 1.82) is 0 Å². The van der Waals surface area contributed by atoms with Crippen LogP contribution in [0.15, 0.2) is 83.5 Å². The number of anilines is 1. The van der Waals surface area contributed by atoms with Crippen molar-refractivity contribution in [3.8, 4) is 11.5 Å². The second-order valence-electron chi connectivity index (χ2n) is 6.79. The third kappa shape index (κ3) is 4.32. The highest BCUT2D eigenvalue weighted by Gasteiger charge is 2.33. The number of amides is 1. The number of carbonyl (C=O) groups excluding carboxylic acids is 1. The molecule has 0 unspecified atom stereocenters. The predicted octanol–water partition coefficient (Wildman–Crippen LogP) is 5.58. The van der Waals surface area contributed by atoms with Gasteiger partial charge in [0.2, 0.25) is 0 Å². The van der Waals surface area contributed by atoms with Gasteiger partial charge >= 0.3 is 0 Å². The van der Waals surface area contributed by atoms with E-state index in [9.17, 15) is 4.79 Å². The molecule has 31 heavy (non-hydrogen) atoms. The van der Waals surface area contributed by atoms with Gasteiger partial charge in [-0.1, -0.05) is 35.9 Å². The van der Waals surface area contributed by atoms with Crippen molar-refractivity contribution in [3.63, 3.8) is 0 Å². The van der Waals surface area contributed by atoms with E-state index in [2.05, 4.69) is 4.99 Å². The molecule has 0 atom stereocenters. The second kappa shape index (κ2) is 9.06. The lowest BCUT2D eigenvalue weighted by atomic mass is 10.1. The number of methoxy groups -OCH3 is 1. The van der Waals surface area contributed by atoms with Crippen LogP contribution in [0, 0.1) is 0 Å². The van der Waals surface area contributed by atoms with Gasteiger partial charge in [-0.15, -0.1) is 0 Å². The van der Waals surface area contributed by atoms with Gasteiger partial charge in [-0.05, 0) is 67.1 Å². The Morgan fingerprint density at radius 1 is 0.968 bits per heavy atom. The van der Waals surface area contributed by atoms with Crippen LogP contribution in [0.2, 0.25) is 5.02 Å². The van der Waals surface area contributed by atoms with E-state index in [4.69, 9.17) is 21.1 Å². The lowest BCUT2D eigenvalue weighted by Gasteiger charge is -2.19. The average molecular weight is 433 g/mol. The van der Waals surface area contributed by atoms with E-state index in [1.54, 1.807) is 24.2 Å². The Kier molecular flexibility index (Phi) is 6.05. The van der Waals surface area contributed by atoms with Crippen LogP contribution in [0.25, 0.3) is 6.08 Å². The van der Waals surface area contributed by atoms with Crippen molar-refractivity contribution in [3.05, 3.63) is 94.6 Å². The van der Waals surface area contributed by atoms with Gasteiger partial charge < -0.3 is 9.47 Å². The van der Waals surface area contributed by atoms with Gasteiger partial charge in [-0.25, -0.2) is 4.99 Å². The Morgan fingerprint density at radius 3 is 2.29 bits per heavy atom. The number of rotatable bonds is 6. The molecular weight excluding hydrogens is 412 g/mol. The molecule has 0 saturated heterocycles. The molecule has 1 aliphatic rings. The molecule has 0 spiro atoms. The Labute approximate surface area is 186 Å². The van der Waals surface area contributed by atoms with Crippen LogP contribution in [-0.4, -0.2) is 25.5 Å². The first-order valence-electron chi connectivity index (χ1n) is 9.87. The summed E-state index contributed by atoms with van der Waals surface area (Å²) in [6.45, 7) is 2.50. The van der Waals surface area contributed by atoms with Crippen LogP contribution in [-0.2, 0) is 4.79 Å². The molecule has 1 amide bonds. The van der Waals surface area contributed by atoms with E-state index in [1.165, 1.54) is 0 Å². The second-order valence-corrected chi connectivity index (χ2v) is 7.19. The molecule has 0 bridgehead atoms. The van der Waals surface area contributed by atoms with Gasteiger partial charge in [-0.3, -0.25) is 9.69 Å². The van der Waals surface area contributed by atoms with Crippen molar-refractivity contribution in [2.45, 2.75) is 6.92 Å². The van der Waals surface area contributed by atoms with Gasteiger partial charge in [0.25, 0.3) is 5.91 Å². The first-order valence-corrected chi connectivity index (χ1v) is 10.2. The quantitative estimate of drug-likeness (QED) is 0.477. The summed E-state index contributed by atoms with van der Waals surface area (Å²) in [5.41, 5.74) is 2.55. The van der Waals surface area contributed by atoms with Crippen molar-refractivity contribution in [2.75, 3.05) is 18.6 Å². The summed E-state index contributed by atoms with van der Waals surface area (Å²) < 4.78 is 10.7.